The summed E-state index contributed by atoms with van der Waals surface area (Å²) >= 11 is 0. The van der Waals surface area contributed by atoms with Crippen LogP contribution in [0.1, 0.15) is 41.5 Å². The summed E-state index contributed by atoms with van der Waals surface area (Å²) in [5.74, 6) is -0.0273. The van der Waals surface area contributed by atoms with Crippen molar-refractivity contribution in [3.05, 3.63) is 29.2 Å². The Morgan fingerprint density at radius 3 is 2.65 bits per heavy atom. The highest BCUT2D eigenvalue weighted by Crippen LogP contribution is 2.25. The standard InChI is InChI=1S/C18H23N5O3/c1-11-8-16-19-9-15(13(3)23(16)20-11)17(24)21-6-4-14(5-7-21)22-12(2)10-26-18(22)25/h8-9,12,14H,4-7,10H2,1-3H3. The number of hydrogen-bond acceptors (Lipinski definition) is 5. The number of amides is 2. The average Bonchev–Trinajstić information content (AvgIpc) is 3.17. The van der Waals surface area contributed by atoms with Gasteiger partial charge in [0.05, 0.1) is 23.0 Å². The number of cyclic esters (lactones) is 1. The minimum atomic E-state index is -0.234. The van der Waals surface area contributed by atoms with E-state index in [0.29, 0.717) is 25.3 Å². The van der Waals surface area contributed by atoms with Gasteiger partial charge in [-0.3, -0.25) is 9.69 Å². The van der Waals surface area contributed by atoms with Crippen molar-refractivity contribution in [1.82, 2.24) is 24.4 Å². The van der Waals surface area contributed by atoms with E-state index in [9.17, 15) is 9.59 Å². The van der Waals surface area contributed by atoms with Crippen molar-refractivity contribution in [2.75, 3.05) is 19.7 Å². The Bertz CT molecular complexity index is 869. The fourth-order valence-electron chi connectivity index (χ4n) is 3.93. The maximum atomic E-state index is 13.0. The maximum Gasteiger partial charge on any atom is 0.410 e. The van der Waals surface area contributed by atoms with Gasteiger partial charge in [0.1, 0.15) is 6.61 Å². The molecule has 2 saturated heterocycles. The number of nitrogens with zero attached hydrogens (tertiary/aromatic N) is 5. The zero-order valence-corrected chi connectivity index (χ0v) is 15.3. The van der Waals surface area contributed by atoms with Crippen LogP contribution < -0.4 is 0 Å². The fraction of sp³-hybridized carbons (Fsp3) is 0.556. The molecule has 8 nitrogen and oxygen atoms in total. The van der Waals surface area contributed by atoms with Gasteiger partial charge in [0.15, 0.2) is 5.65 Å². The summed E-state index contributed by atoms with van der Waals surface area (Å²) < 4.78 is 6.84. The molecule has 0 saturated carbocycles. The molecule has 138 valence electrons. The number of carbonyl (C=O) groups is 2. The molecule has 1 unspecified atom stereocenters. The molecule has 4 heterocycles. The van der Waals surface area contributed by atoms with Crippen LogP contribution >= 0.6 is 0 Å². The molecule has 0 aliphatic carbocycles. The van der Waals surface area contributed by atoms with Gasteiger partial charge in [0.25, 0.3) is 5.91 Å². The van der Waals surface area contributed by atoms with Crippen molar-refractivity contribution < 1.29 is 14.3 Å². The molecular formula is C18H23N5O3. The first-order valence-electron chi connectivity index (χ1n) is 9.02. The highest BCUT2D eigenvalue weighted by molar-refractivity contribution is 5.95. The number of rotatable bonds is 2. The van der Waals surface area contributed by atoms with Crippen molar-refractivity contribution in [2.45, 2.75) is 45.7 Å². The van der Waals surface area contributed by atoms with Crippen LogP contribution in [-0.2, 0) is 4.74 Å². The number of carbonyl (C=O) groups excluding carboxylic acids is 2. The zero-order chi connectivity index (χ0) is 18.4. The Labute approximate surface area is 151 Å². The molecule has 26 heavy (non-hydrogen) atoms. The van der Waals surface area contributed by atoms with Crippen LogP contribution in [-0.4, -0.2) is 68.2 Å². The number of hydrogen-bond donors (Lipinski definition) is 0. The van der Waals surface area contributed by atoms with Gasteiger partial charge in [-0.15, -0.1) is 0 Å². The molecule has 2 aliphatic rings. The molecule has 8 heteroatoms. The third-order valence-electron chi connectivity index (χ3n) is 5.36. The zero-order valence-electron chi connectivity index (χ0n) is 15.3. The molecule has 2 aliphatic heterocycles. The van der Waals surface area contributed by atoms with Gasteiger partial charge >= 0.3 is 6.09 Å². The van der Waals surface area contributed by atoms with E-state index in [0.717, 1.165) is 29.9 Å². The first-order chi connectivity index (χ1) is 12.5. The highest BCUT2D eigenvalue weighted by Gasteiger charge is 2.37. The molecule has 0 radical (unpaired) electrons. The second-order valence-electron chi connectivity index (χ2n) is 7.17. The first kappa shape index (κ1) is 16.8. The maximum absolute atomic E-state index is 13.0. The van der Waals surface area contributed by atoms with Crippen molar-refractivity contribution in [3.8, 4) is 0 Å². The molecule has 1 atom stereocenters. The highest BCUT2D eigenvalue weighted by atomic mass is 16.6. The summed E-state index contributed by atoms with van der Waals surface area (Å²) in [6.07, 6.45) is 2.93. The van der Waals surface area contributed by atoms with Gasteiger partial charge in [0, 0.05) is 31.4 Å². The van der Waals surface area contributed by atoms with E-state index in [4.69, 9.17) is 4.74 Å². The summed E-state index contributed by atoms with van der Waals surface area (Å²) in [7, 11) is 0. The summed E-state index contributed by atoms with van der Waals surface area (Å²) in [4.78, 5) is 32.9. The molecule has 0 N–H and O–H groups in total. The lowest BCUT2D eigenvalue weighted by Gasteiger charge is -2.37. The molecule has 4 rings (SSSR count). The van der Waals surface area contributed by atoms with E-state index < -0.39 is 0 Å². The van der Waals surface area contributed by atoms with Gasteiger partial charge < -0.3 is 9.64 Å². The van der Waals surface area contributed by atoms with Gasteiger partial charge in [0.2, 0.25) is 0 Å². The molecule has 2 aromatic heterocycles. The Hall–Kier alpha value is -2.64. The SMILES string of the molecule is Cc1cc2ncc(C(=O)N3CCC(N4C(=O)OCC4C)CC3)c(C)n2n1. The van der Waals surface area contributed by atoms with E-state index in [-0.39, 0.29) is 24.1 Å². The monoisotopic (exact) mass is 357 g/mol. The largest absolute Gasteiger partial charge is 0.447 e. The van der Waals surface area contributed by atoms with Gasteiger partial charge in [-0.1, -0.05) is 0 Å². The second-order valence-corrected chi connectivity index (χ2v) is 7.17. The number of aryl methyl sites for hydroxylation is 2. The number of ether oxygens (including phenoxy) is 1. The lowest BCUT2D eigenvalue weighted by Crippen LogP contribution is -2.49. The second kappa shape index (κ2) is 6.26. The normalized spacial score (nSPS) is 21.5. The number of fused-ring (bicyclic) bond motifs is 1. The van der Waals surface area contributed by atoms with E-state index in [1.807, 2.05) is 36.6 Å². The van der Waals surface area contributed by atoms with Crippen LogP contribution in [0.25, 0.3) is 5.65 Å². The lowest BCUT2D eigenvalue weighted by molar-refractivity contribution is 0.0640. The number of likely N-dealkylation sites (tertiary alicyclic amines) is 1. The predicted octanol–water partition coefficient (Wildman–Crippen LogP) is 1.79. The predicted molar refractivity (Wildman–Crippen MR) is 94.0 cm³/mol. The number of piperidine rings is 1. The minimum absolute atomic E-state index is 0.0273. The Balaban J connectivity index is 1.49. The van der Waals surface area contributed by atoms with Crippen LogP contribution in [0.5, 0.6) is 0 Å². The molecule has 2 amide bonds. The van der Waals surface area contributed by atoms with Crippen molar-refractivity contribution in [2.24, 2.45) is 0 Å². The van der Waals surface area contributed by atoms with Crippen LogP contribution in [0.2, 0.25) is 0 Å². The molecule has 0 spiro atoms. The van der Waals surface area contributed by atoms with Crippen LogP contribution in [0.3, 0.4) is 0 Å². The molecule has 2 fully saturated rings. The van der Waals surface area contributed by atoms with Crippen molar-refractivity contribution >= 4 is 17.6 Å². The molecular weight excluding hydrogens is 334 g/mol. The van der Waals surface area contributed by atoms with E-state index in [1.54, 1.807) is 10.7 Å². The van der Waals surface area contributed by atoms with Gasteiger partial charge in [-0.25, -0.2) is 14.3 Å². The summed E-state index contributed by atoms with van der Waals surface area (Å²) in [5, 5.41) is 4.41. The molecule has 0 aromatic carbocycles. The fourth-order valence-corrected chi connectivity index (χ4v) is 3.93. The average molecular weight is 357 g/mol. The Morgan fingerprint density at radius 1 is 1.27 bits per heavy atom. The lowest BCUT2D eigenvalue weighted by atomic mass is 10.0. The van der Waals surface area contributed by atoms with Crippen molar-refractivity contribution in [3.63, 3.8) is 0 Å². The van der Waals surface area contributed by atoms with Crippen LogP contribution in [0, 0.1) is 13.8 Å². The minimum Gasteiger partial charge on any atom is -0.447 e. The number of aromatic nitrogens is 3. The van der Waals surface area contributed by atoms with Crippen molar-refractivity contribution in [1.29, 1.82) is 0 Å². The Morgan fingerprint density at radius 2 is 2.00 bits per heavy atom. The summed E-state index contributed by atoms with van der Waals surface area (Å²) in [6, 6.07) is 2.13. The quantitative estimate of drug-likeness (QED) is 0.819. The van der Waals surface area contributed by atoms with Crippen LogP contribution in [0.15, 0.2) is 12.3 Å². The van der Waals surface area contributed by atoms with E-state index in [2.05, 4.69) is 10.1 Å². The van der Waals surface area contributed by atoms with E-state index >= 15 is 0 Å². The molecule has 0 bridgehead atoms. The third-order valence-corrected chi connectivity index (χ3v) is 5.36. The molecule has 2 aromatic rings. The van der Waals surface area contributed by atoms with Gasteiger partial charge in [-0.05, 0) is 33.6 Å². The topological polar surface area (TPSA) is 80.0 Å². The van der Waals surface area contributed by atoms with E-state index in [1.165, 1.54) is 0 Å². The smallest absolute Gasteiger partial charge is 0.410 e. The summed E-state index contributed by atoms with van der Waals surface area (Å²) in [5.41, 5.74) is 2.99. The first-order valence-corrected chi connectivity index (χ1v) is 9.02. The summed E-state index contributed by atoms with van der Waals surface area (Å²) in [6.45, 7) is 7.49. The van der Waals surface area contributed by atoms with Gasteiger partial charge in [-0.2, -0.15) is 5.10 Å². The third kappa shape index (κ3) is 2.69. The van der Waals surface area contributed by atoms with Crippen LogP contribution in [0.4, 0.5) is 4.79 Å². The Kier molecular flexibility index (Phi) is 4.05.